The Morgan fingerprint density at radius 2 is 1.74 bits per heavy atom. The topological polar surface area (TPSA) is 43.8 Å². The predicted molar refractivity (Wildman–Crippen MR) is 79.6 cm³/mol. The first-order valence-corrected chi connectivity index (χ1v) is 6.51. The summed E-state index contributed by atoms with van der Waals surface area (Å²) in [5, 5.41) is 8.86. The van der Waals surface area contributed by atoms with E-state index in [1.54, 1.807) is 12.1 Å². The molecule has 1 aliphatic heterocycles. The van der Waals surface area contributed by atoms with Gasteiger partial charge in [0.15, 0.2) is 0 Å². The minimum absolute atomic E-state index is 0. The van der Waals surface area contributed by atoms with E-state index in [0.29, 0.717) is 5.56 Å². The fourth-order valence-electron chi connectivity index (χ4n) is 2.36. The Balaban J connectivity index is 0.00000180. The summed E-state index contributed by atoms with van der Waals surface area (Å²) in [5.74, 6) is -0.866. The molecule has 1 aliphatic rings. The number of benzene rings is 1. The molecular formula is C14H21ClN2O2. The van der Waals surface area contributed by atoms with E-state index in [9.17, 15) is 4.79 Å². The molecule has 0 aliphatic carbocycles. The Morgan fingerprint density at radius 1 is 1.16 bits per heavy atom. The number of carbonyl (C=O) groups is 1. The number of hydrogen-bond acceptors (Lipinski definition) is 3. The molecule has 1 N–H and O–H groups in total. The van der Waals surface area contributed by atoms with Gasteiger partial charge in [-0.15, -0.1) is 12.4 Å². The van der Waals surface area contributed by atoms with Gasteiger partial charge in [0, 0.05) is 31.9 Å². The van der Waals surface area contributed by atoms with E-state index < -0.39 is 5.97 Å². The van der Waals surface area contributed by atoms with Crippen LogP contribution in [-0.4, -0.2) is 48.7 Å². The second-order valence-electron chi connectivity index (χ2n) is 4.68. The molecule has 4 nitrogen and oxygen atoms in total. The van der Waals surface area contributed by atoms with Gasteiger partial charge in [-0.25, -0.2) is 4.79 Å². The Morgan fingerprint density at radius 3 is 2.21 bits per heavy atom. The summed E-state index contributed by atoms with van der Waals surface area (Å²) >= 11 is 0. The van der Waals surface area contributed by atoms with Gasteiger partial charge in [-0.3, -0.25) is 4.90 Å². The molecule has 1 fully saturated rings. The number of hydrogen-bond donors (Lipinski definition) is 1. The third-order valence-electron chi connectivity index (χ3n) is 3.39. The normalized spacial score (nSPS) is 15.9. The minimum atomic E-state index is -0.866. The summed E-state index contributed by atoms with van der Waals surface area (Å²) in [6, 6.07) is 7.16. The fraction of sp³-hybridized carbons (Fsp3) is 0.500. The zero-order chi connectivity index (χ0) is 13.0. The SMILES string of the molecule is CCCN1CCN(c2ccc(C(=O)O)cc2)CC1.Cl. The van der Waals surface area contributed by atoms with Crippen molar-refractivity contribution < 1.29 is 9.90 Å². The molecule has 106 valence electrons. The van der Waals surface area contributed by atoms with E-state index in [2.05, 4.69) is 16.7 Å². The summed E-state index contributed by atoms with van der Waals surface area (Å²) in [5.41, 5.74) is 1.47. The van der Waals surface area contributed by atoms with Gasteiger partial charge < -0.3 is 10.0 Å². The molecule has 0 unspecified atom stereocenters. The van der Waals surface area contributed by atoms with Gasteiger partial charge in [-0.1, -0.05) is 6.92 Å². The molecule has 0 atom stereocenters. The number of rotatable bonds is 4. The van der Waals surface area contributed by atoms with Crippen molar-refractivity contribution in [3.63, 3.8) is 0 Å². The Kier molecular flexibility index (Phi) is 6.12. The highest BCUT2D eigenvalue weighted by atomic mass is 35.5. The van der Waals surface area contributed by atoms with Crippen molar-refractivity contribution >= 4 is 24.1 Å². The maximum absolute atomic E-state index is 10.8. The third-order valence-corrected chi connectivity index (χ3v) is 3.39. The molecule has 2 rings (SSSR count). The monoisotopic (exact) mass is 284 g/mol. The second kappa shape index (κ2) is 7.36. The Hall–Kier alpha value is -1.26. The second-order valence-corrected chi connectivity index (χ2v) is 4.68. The van der Waals surface area contributed by atoms with Crippen LogP contribution in [0.5, 0.6) is 0 Å². The van der Waals surface area contributed by atoms with Crippen molar-refractivity contribution in [1.82, 2.24) is 4.90 Å². The average molecular weight is 285 g/mol. The van der Waals surface area contributed by atoms with Crippen molar-refractivity contribution in [1.29, 1.82) is 0 Å². The number of halogens is 1. The summed E-state index contributed by atoms with van der Waals surface area (Å²) in [7, 11) is 0. The van der Waals surface area contributed by atoms with Gasteiger partial charge in [0.2, 0.25) is 0 Å². The molecule has 5 heteroatoms. The van der Waals surface area contributed by atoms with E-state index in [-0.39, 0.29) is 12.4 Å². The van der Waals surface area contributed by atoms with Crippen LogP contribution >= 0.6 is 12.4 Å². The molecule has 1 aromatic carbocycles. The quantitative estimate of drug-likeness (QED) is 0.922. The number of anilines is 1. The first-order chi connectivity index (χ1) is 8.70. The Labute approximate surface area is 120 Å². The smallest absolute Gasteiger partial charge is 0.335 e. The van der Waals surface area contributed by atoms with Crippen LogP contribution in [0.2, 0.25) is 0 Å². The van der Waals surface area contributed by atoms with Crippen LogP contribution in [0.25, 0.3) is 0 Å². The summed E-state index contributed by atoms with van der Waals surface area (Å²) in [4.78, 5) is 15.6. The summed E-state index contributed by atoms with van der Waals surface area (Å²) in [6.45, 7) is 7.60. The molecule has 0 saturated carbocycles. The zero-order valence-corrected chi connectivity index (χ0v) is 12.0. The lowest BCUT2D eigenvalue weighted by Gasteiger charge is -2.36. The largest absolute Gasteiger partial charge is 0.478 e. The van der Waals surface area contributed by atoms with Crippen LogP contribution in [0, 0.1) is 0 Å². The minimum Gasteiger partial charge on any atom is -0.478 e. The molecule has 19 heavy (non-hydrogen) atoms. The van der Waals surface area contributed by atoms with Crippen LogP contribution in [0.3, 0.4) is 0 Å². The number of piperazine rings is 1. The van der Waals surface area contributed by atoms with Gasteiger partial charge in [0.1, 0.15) is 0 Å². The molecule has 0 aromatic heterocycles. The maximum atomic E-state index is 10.8. The standard InChI is InChI=1S/C14H20N2O2.ClH/c1-2-7-15-8-10-16(11-9-15)13-5-3-12(4-6-13)14(17)18;/h3-6H,2,7-11H2,1H3,(H,17,18);1H. The zero-order valence-electron chi connectivity index (χ0n) is 11.2. The van der Waals surface area contributed by atoms with Crippen LogP contribution in [0.4, 0.5) is 5.69 Å². The van der Waals surface area contributed by atoms with Crippen LogP contribution in [0.15, 0.2) is 24.3 Å². The summed E-state index contributed by atoms with van der Waals surface area (Å²) in [6.07, 6.45) is 1.20. The number of nitrogens with zero attached hydrogens (tertiary/aromatic N) is 2. The van der Waals surface area contributed by atoms with Crippen LogP contribution < -0.4 is 4.90 Å². The molecule has 1 saturated heterocycles. The van der Waals surface area contributed by atoms with E-state index in [1.165, 1.54) is 13.0 Å². The van der Waals surface area contributed by atoms with Crippen molar-refractivity contribution in [2.75, 3.05) is 37.6 Å². The predicted octanol–water partition coefficient (Wildman–Crippen LogP) is 2.34. The van der Waals surface area contributed by atoms with Gasteiger partial charge in [-0.05, 0) is 37.2 Å². The fourth-order valence-corrected chi connectivity index (χ4v) is 2.36. The highest BCUT2D eigenvalue weighted by Gasteiger charge is 2.16. The molecular weight excluding hydrogens is 264 g/mol. The van der Waals surface area contributed by atoms with Crippen LogP contribution in [0.1, 0.15) is 23.7 Å². The van der Waals surface area contributed by atoms with E-state index in [4.69, 9.17) is 5.11 Å². The van der Waals surface area contributed by atoms with Gasteiger partial charge >= 0.3 is 5.97 Å². The van der Waals surface area contributed by atoms with E-state index >= 15 is 0 Å². The maximum Gasteiger partial charge on any atom is 0.335 e. The van der Waals surface area contributed by atoms with E-state index in [1.807, 2.05) is 12.1 Å². The van der Waals surface area contributed by atoms with Crippen molar-refractivity contribution in [3.05, 3.63) is 29.8 Å². The van der Waals surface area contributed by atoms with Gasteiger partial charge in [-0.2, -0.15) is 0 Å². The number of carboxylic acids is 1. The van der Waals surface area contributed by atoms with Gasteiger partial charge in [0.05, 0.1) is 5.56 Å². The van der Waals surface area contributed by atoms with Gasteiger partial charge in [0.25, 0.3) is 0 Å². The highest BCUT2D eigenvalue weighted by molar-refractivity contribution is 5.88. The molecule has 0 radical (unpaired) electrons. The first kappa shape index (κ1) is 15.8. The summed E-state index contributed by atoms with van der Waals surface area (Å²) < 4.78 is 0. The third kappa shape index (κ3) is 4.11. The first-order valence-electron chi connectivity index (χ1n) is 6.51. The number of carboxylic acid groups (broad SMARTS) is 1. The lowest BCUT2D eigenvalue weighted by molar-refractivity contribution is 0.0697. The molecule has 0 spiro atoms. The molecule has 0 amide bonds. The average Bonchev–Trinajstić information content (AvgIpc) is 2.40. The molecule has 1 heterocycles. The molecule has 0 bridgehead atoms. The van der Waals surface area contributed by atoms with Crippen LogP contribution in [-0.2, 0) is 0 Å². The van der Waals surface area contributed by atoms with E-state index in [0.717, 1.165) is 31.9 Å². The number of aromatic carboxylic acids is 1. The highest BCUT2D eigenvalue weighted by Crippen LogP contribution is 2.17. The van der Waals surface area contributed by atoms with Crippen molar-refractivity contribution in [2.24, 2.45) is 0 Å². The lowest BCUT2D eigenvalue weighted by Crippen LogP contribution is -2.46. The Bertz CT molecular complexity index is 400. The lowest BCUT2D eigenvalue weighted by atomic mass is 10.2. The van der Waals surface area contributed by atoms with Crippen molar-refractivity contribution in [2.45, 2.75) is 13.3 Å². The molecule has 1 aromatic rings. The van der Waals surface area contributed by atoms with Crippen molar-refractivity contribution in [3.8, 4) is 0 Å².